The molecule has 0 amide bonds. The molecule has 0 atom stereocenters. The average Bonchev–Trinajstić information content (AvgIpc) is 2.45. The van der Waals surface area contributed by atoms with Gasteiger partial charge in [0.1, 0.15) is 5.15 Å². The molecular weight excluding hydrogens is 237 g/mol. The second-order valence-electron chi connectivity index (χ2n) is 2.46. The monoisotopic (exact) mass is 238 g/mol. The number of hydrogen-bond donors (Lipinski definition) is 0. The summed E-state index contributed by atoms with van der Waals surface area (Å²) in [7, 11) is 0. The summed E-state index contributed by atoms with van der Waals surface area (Å²) in [5.74, 6) is -0.682. The third kappa shape index (κ3) is 1.51. The van der Waals surface area contributed by atoms with Crippen molar-refractivity contribution in [3.63, 3.8) is 0 Å². The number of nitrogens with zero attached hydrogens (tertiary/aromatic N) is 4. The van der Waals surface area contributed by atoms with Crippen molar-refractivity contribution in [2.24, 2.45) is 0 Å². The Morgan fingerprint density at radius 2 is 2.07 bits per heavy atom. The highest BCUT2D eigenvalue weighted by atomic mass is 35.5. The van der Waals surface area contributed by atoms with Crippen LogP contribution in [0.2, 0.25) is 5.15 Å². The molecule has 0 saturated heterocycles. The summed E-state index contributed by atoms with van der Waals surface area (Å²) < 4.78 is 26.4. The molecule has 8 heteroatoms. The highest BCUT2D eigenvalue weighted by molar-refractivity contribution is 6.29. The largest absolute Gasteiger partial charge is 0.382 e. The maximum Gasteiger partial charge on any atom is 0.382 e. The molecule has 0 saturated carbocycles. The van der Waals surface area contributed by atoms with Gasteiger partial charge in [0.25, 0.3) is 0 Å². The topological polar surface area (TPSA) is 43.1 Å². The number of rotatable bonds is 1. The molecule has 0 radical (unpaired) electrons. The predicted molar refractivity (Wildman–Crippen MR) is 45.5 cm³/mol. The molecular formula is C6H2Cl2F2N4. The predicted octanol–water partition coefficient (Wildman–Crippen LogP) is 2.07. The first-order chi connectivity index (χ1) is 6.48. The lowest BCUT2D eigenvalue weighted by atomic mass is 10.6. The van der Waals surface area contributed by atoms with Gasteiger partial charge in [0.2, 0.25) is 5.82 Å². The van der Waals surface area contributed by atoms with E-state index in [-0.39, 0.29) is 10.8 Å². The lowest BCUT2D eigenvalue weighted by molar-refractivity contribution is 0.0832. The minimum atomic E-state index is -3.58. The molecule has 4 nitrogen and oxygen atoms in total. The molecule has 2 aromatic heterocycles. The van der Waals surface area contributed by atoms with Gasteiger partial charge >= 0.3 is 5.38 Å². The van der Waals surface area contributed by atoms with Crippen molar-refractivity contribution in [1.29, 1.82) is 0 Å². The first kappa shape index (κ1) is 9.54. The molecule has 14 heavy (non-hydrogen) atoms. The molecule has 0 fully saturated rings. The zero-order chi connectivity index (χ0) is 10.3. The summed E-state index contributed by atoms with van der Waals surface area (Å²) >= 11 is 10.3. The van der Waals surface area contributed by atoms with E-state index in [0.717, 1.165) is 4.40 Å². The summed E-state index contributed by atoms with van der Waals surface area (Å²) in [4.78, 5) is 3.66. The van der Waals surface area contributed by atoms with E-state index in [2.05, 4.69) is 15.2 Å². The fourth-order valence-corrected chi connectivity index (χ4v) is 1.25. The molecule has 0 aromatic carbocycles. The van der Waals surface area contributed by atoms with Crippen molar-refractivity contribution in [3.8, 4) is 0 Å². The number of alkyl halides is 3. The van der Waals surface area contributed by atoms with Crippen molar-refractivity contribution in [2.75, 3.05) is 0 Å². The van der Waals surface area contributed by atoms with Gasteiger partial charge in [0.05, 0.1) is 6.20 Å². The standard InChI is InChI=1S/C6H2Cl2F2N4/c7-3-2-14-4(1-11-3)12-13-5(14)6(8,9)10/h1-2H. The zero-order valence-corrected chi connectivity index (χ0v) is 7.97. The Kier molecular flexibility index (Phi) is 2.04. The first-order valence-electron chi connectivity index (χ1n) is 3.42. The highest BCUT2D eigenvalue weighted by Crippen LogP contribution is 2.30. The van der Waals surface area contributed by atoms with Gasteiger partial charge in [-0.05, 0) is 11.6 Å². The van der Waals surface area contributed by atoms with Crippen LogP contribution in [0.5, 0.6) is 0 Å². The Labute approximate surface area is 86.5 Å². The minimum Gasteiger partial charge on any atom is -0.276 e. The van der Waals surface area contributed by atoms with Gasteiger partial charge in [0, 0.05) is 6.20 Å². The Balaban J connectivity index is 2.73. The van der Waals surface area contributed by atoms with Gasteiger partial charge in [-0.1, -0.05) is 11.6 Å². The number of halogens is 4. The quantitative estimate of drug-likeness (QED) is 0.715. The lowest BCUT2D eigenvalue weighted by Crippen LogP contribution is -2.09. The van der Waals surface area contributed by atoms with Crippen LogP contribution >= 0.6 is 23.2 Å². The summed E-state index contributed by atoms with van der Waals surface area (Å²) in [6.45, 7) is 0. The molecule has 0 N–H and O–H groups in total. The molecule has 0 aliphatic carbocycles. The van der Waals surface area contributed by atoms with E-state index in [1.54, 1.807) is 0 Å². The fourth-order valence-electron chi connectivity index (χ4n) is 0.971. The van der Waals surface area contributed by atoms with Crippen molar-refractivity contribution < 1.29 is 8.78 Å². The SMILES string of the molecule is FC(F)(Cl)c1nnc2cnc(Cl)cn12. The van der Waals surface area contributed by atoms with Crippen LogP contribution in [-0.2, 0) is 5.38 Å². The van der Waals surface area contributed by atoms with Crippen LogP contribution < -0.4 is 0 Å². The van der Waals surface area contributed by atoms with Crippen LogP contribution in [0, 0.1) is 0 Å². The van der Waals surface area contributed by atoms with Crippen molar-refractivity contribution in [3.05, 3.63) is 23.4 Å². The highest BCUT2D eigenvalue weighted by Gasteiger charge is 2.34. The van der Waals surface area contributed by atoms with Gasteiger partial charge in [-0.15, -0.1) is 10.2 Å². The van der Waals surface area contributed by atoms with Gasteiger partial charge in [-0.3, -0.25) is 4.40 Å². The molecule has 0 spiro atoms. The normalized spacial score (nSPS) is 12.3. The summed E-state index contributed by atoms with van der Waals surface area (Å²) in [6.07, 6.45) is 2.39. The molecule has 0 aliphatic heterocycles. The van der Waals surface area contributed by atoms with E-state index < -0.39 is 11.2 Å². The average molecular weight is 239 g/mol. The second kappa shape index (κ2) is 2.99. The van der Waals surface area contributed by atoms with Gasteiger partial charge in [-0.2, -0.15) is 8.78 Å². The Hall–Kier alpha value is -1.01. The summed E-state index contributed by atoms with van der Waals surface area (Å²) in [5.41, 5.74) is 0.157. The number of hydrogen-bond acceptors (Lipinski definition) is 3. The number of fused-ring (bicyclic) bond motifs is 1. The van der Waals surface area contributed by atoms with E-state index >= 15 is 0 Å². The van der Waals surface area contributed by atoms with E-state index in [4.69, 9.17) is 23.2 Å². The van der Waals surface area contributed by atoms with Crippen molar-refractivity contribution in [1.82, 2.24) is 19.6 Å². The van der Waals surface area contributed by atoms with Crippen LogP contribution in [0.15, 0.2) is 12.4 Å². The van der Waals surface area contributed by atoms with E-state index in [0.29, 0.717) is 0 Å². The maximum atomic E-state index is 12.7. The van der Waals surface area contributed by atoms with Gasteiger partial charge < -0.3 is 0 Å². The van der Waals surface area contributed by atoms with Crippen LogP contribution in [0.25, 0.3) is 5.65 Å². The summed E-state index contributed by atoms with van der Waals surface area (Å²) in [6, 6.07) is 0. The van der Waals surface area contributed by atoms with Gasteiger partial charge in [-0.25, -0.2) is 4.98 Å². The molecule has 2 aromatic rings. The molecule has 0 bridgehead atoms. The second-order valence-corrected chi connectivity index (χ2v) is 3.32. The van der Waals surface area contributed by atoms with E-state index in [9.17, 15) is 8.78 Å². The number of aromatic nitrogens is 4. The fraction of sp³-hybridized carbons (Fsp3) is 0.167. The van der Waals surface area contributed by atoms with Crippen molar-refractivity contribution in [2.45, 2.75) is 5.38 Å². The molecule has 2 rings (SSSR count). The van der Waals surface area contributed by atoms with Crippen LogP contribution in [0.3, 0.4) is 0 Å². The first-order valence-corrected chi connectivity index (χ1v) is 4.17. The Bertz CT molecular complexity index is 478. The van der Waals surface area contributed by atoms with Crippen molar-refractivity contribution >= 4 is 28.8 Å². The summed E-state index contributed by atoms with van der Waals surface area (Å²) in [5, 5.41) is 3.17. The third-order valence-corrected chi connectivity index (χ3v) is 1.88. The maximum absolute atomic E-state index is 12.7. The molecule has 0 aliphatic rings. The van der Waals surface area contributed by atoms with E-state index in [1.807, 2.05) is 0 Å². The zero-order valence-electron chi connectivity index (χ0n) is 6.46. The molecule has 74 valence electrons. The van der Waals surface area contributed by atoms with Crippen LogP contribution in [-0.4, -0.2) is 19.6 Å². The van der Waals surface area contributed by atoms with E-state index in [1.165, 1.54) is 12.4 Å². The van der Waals surface area contributed by atoms with Crippen LogP contribution in [0.1, 0.15) is 5.82 Å². The Morgan fingerprint density at radius 1 is 1.36 bits per heavy atom. The van der Waals surface area contributed by atoms with Gasteiger partial charge in [0.15, 0.2) is 5.65 Å². The van der Waals surface area contributed by atoms with Crippen LogP contribution in [0.4, 0.5) is 8.78 Å². The third-order valence-electron chi connectivity index (χ3n) is 1.51. The lowest BCUT2D eigenvalue weighted by Gasteiger charge is -2.04. The minimum absolute atomic E-state index is 0.0551. The molecule has 0 unspecified atom stereocenters. The Morgan fingerprint density at radius 3 is 2.71 bits per heavy atom. The molecule has 2 heterocycles. The smallest absolute Gasteiger partial charge is 0.276 e.